The molecular weight excluding hydrogens is 204 g/mol. The lowest BCUT2D eigenvalue weighted by atomic mass is 10.1. The summed E-state index contributed by atoms with van der Waals surface area (Å²) in [5.74, 6) is 0. The Bertz CT molecular complexity index is 445. The molecule has 2 aromatic rings. The van der Waals surface area contributed by atoms with Crippen LogP contribution >= 0.6 is 11.3 Å². The number of thiophene rings is 1. The molecule has 2 heteroatoms. The molecule has 0 amide bonds. The first-order valence-corrected chi connectivity index (χ1v) is 5.83. The van der Waals surface area contributed by atoms with E-state index >= 15 is 0 Å². The molecule has 2 rings (SSSR count). The number of hydrogen-bond donors (Lipinski definition) is 1. The van der Waals surface area contributed by atoms with Crippen molar-refractivity contribution in [3.05, 3.63) is 57.3 Å². The highest BCUT2D eigenvalue weighted by atomic mass is 32.1. The van der Waals surface area contributed by atoms with Crippen molar-refractivity contribution in [1.29, 1.82) is 0 Å². The molecule has 0 radical (unpaired) electrons. The zero-order valence-electron chi connectivity index (χ0n) is 8.73. The van der Waals surface area contributed by atoms with E-state index in [9.17, 15) is 0 Å². The number of rotatable bonds is 3. The maximum absolute atomic E-state index is 9.03. The molecule has 0 fully saturated rings. The first-order chi connectivity index (χ1) is 7.28. The van der Waals surface area contributed by atoms with Crippen LogP contribution in [0.15, 0.2) is 36.4 Å². The van der Waals surface area contributed by atoms with Gasteiger partial charge in [0, 0.05) is 16.2 Å². The summed E-state index contributed by atoms with van der Waals surface area (Å²) in [5, 5.41) is 9.03. The lowest BCUT2D eigenvalue weighted by molar-refractivity contribution is 0.282. The molecule has 0 spiro atoms. The summed E-state index contributed by atoms with van der Waals surface area (Å²) in [5.41, 5.74) is 2.25. The zero-order chi connectivity index (χ0) is 10.7. The fourth-order valence-electron chi connectivity index (χ4n) is 1.62. The van der Waals surface area contributed by atoms with E-state index in [0.29, 0.717) is 0 Å². The molecule has 1 heterocycles. The molecule has 0 saturated carbocycles. The van der Waals surface area contributed by atoms with Gasteiger partial charge in [-0.1, -0.05) is 24.3 Å². The van der Waals surface area contributed by atoms with Gasteiger partial charge in [-0.05, 0) is 30.2 Å². The van der Waals surface area contributed by atoms with E-state index in [4.69, 9.17) is 5.11 Å². The molecule has 0 bridgehead atoms. The quantitative estimate of drug-likeness (QED) is 0.839. The van der Waals surface area contributed by atoms with Crippen molar-refractivity contribution in [3.8, 4) is 0 Å². The van der Waals surface area contributed by atoms with Gasteiger partial charge in [0.2, 0.25) is 0 Å². The predicted octanol–water partition coefficient (Wildman–Crippen LogP) is 3.14. The summed E-state index contributed by atoms with van der Waals surface area (Å²) >= 11 is 1.83. The van der Waals surface area contributed by atoms with Crippen LogP contribution < -0.4 is 0 Å². The molecule has 0 atom stereocenters. The summed E-state index contributed by atoms with van der Waals surface area (Å²) in [7, 11) is 0. The maximum Gasteiger partial charge on any atom is 0.0681 e. The molecule has 0 aliphatic carbocycles. The first kappa shape index (κ1) is 10.4. The molecule has 1 aromatic heterocycles. The van der Waals surface area contributed by atoms with Crippen LogP contribution in [0.2, 0.25) is 0 Å². The van der Waals surface area contributed by atoms with Crippen LogP contribution in [0.3, 0.4) is 0 Å². The summed E-state index contributed by atoms with van der Waals surface area (Å²) < 4.78 is 0. The van der Waals surface area contributed by atoms with Crippen LogP contribution in [-0.2, 0) is 13.0 Å². The fourth-order valence-corrected chi connectivity index (χ4v) is 2.54. The summed E-state index contributed by atoms with van der Waals surface area (Å²) in [6.07, 6.45) is 0.965. The van der Waals surface area contributed by atoms with Crippen molar-refractivity contribution in [2.75, 3.05) is 0 Å². The Morgan fingerprint density at radius 2 is 1.93 bits per heavy atom. The van der Waals surface area contributed by atoms with Crippen LogP contribution in [0.4, 0.5) is 0 Å². The normalized spacial score (nSPS) is 10.5. The van der Waals surface area contributed by atoms with Gasteiger partial charge in [0.05, 0.1) is 6.61 Å². The van der Waals surface area contributed by atoms with Crippen LogP contribution in [-0.4, -0.2) is 5.11 Å². The van der Waals surface area contributed by atoms with Gasteiger partial charge in [-0.25, -0.2) is 0 Å². The van der Waals surface area contributed by atoms with Crippen molar-refractivity contribution < 1.29 is 5.11 Å². The SMILES string of the molecule is Cc1ccc(Cc2cccc(CO)c2)s1. The predicted molar refractivity (Wildman–Crippen MR) is 64.2 cm³/mol. The largest absolute Gasteiger partial charge is 0.392 e. The average molecular weight is 218 g/mol. The summed E-state index contributed by atoms with van der Waals surface area (Å²) in [6, 6.07) is 12.4. The highest BCUT2D eigenvalue weighted by Crippen LogP contribution is 2.19. The van der Waals surface area contributed by atoms with Gasteiger partial charge < -0.3 is 5.11 Å². The lowest BCUT2D eigenvalue weighted by Crippen LogP contribution is -1.88. The molecule has 1 N–H and O–H groups in total. The van der Waals surface area contributed by atoms with Crippen LogP contribution in [0.5, 0.6) is 0 Å². The Kier molecular flexibility index (Phi) is 3.19. The zero-order valence-corrected chi connectivity index (χ0v) is 9.55. The summed E-state index contributed by atoms with van der Waals surface area (Å²) in [6.45, 7) is 2.25. The van der Waals surface area contributed by atoms with Gasteiger partial charge in [-0.15, -0.1) is 11.3 Å². The van der Waals surface area contributed by atoms with Crippen molar-refractivity contribution in [3.63, 3.8) is 0 Å². The second-order valence-corrected chi connectivity index (χ2v) is 5.04. The van der Waals surface area contributed by atoms with E-state index in [0.717, 1.165) is 12.0 Å². The van der Waals surface area contributed by atoms with Gasteiger partial charge in [0.15, 0.2) is 0 Å². The Morgan fingerprint density at radius 3 is 2.60 bits per heavy atom. The summed E-state index contributed by atoms with van der Waals surface area (Å²) in [4.78, 5) is 2.73. The first-order valence-electron chi connectivity index (χ1n) is 5.02. The molecule has 0 saturated heterocycles. The highest BCUT2D eigenvalue weighted by molar-refractivity contribution is 7.11. The van der Waals surface area contributed by atoms with Crippen LogP contribution in [0.25, 0.3) is 0 Å². The third-order valence-electron chi connectivity index (χ3n) is 2.35. The van der Waals surface area contributed by atoms with E-state index in [1.54, 1.807) is 0 Å². The molecule has 0 aliphatic heterocycles. The Morgan fingerprint density at radius 1 is 1.13 bits per heavy atom. The van der Waals surface area contributed by atoms with Gasteiger partial charge in [-0.2, -0.15) is 0 Å². The Hall–Kier alpha value is -1.12. The molecule has 0 aliphatic rings. The fraction of sp³-hybridized carbons (Fsp3) is 0.231. The van der Waals surface area contributed by atoms with Gasteiger partial charge in [0.25, 0.3) is 0 Å². The standard InChI is InChI=1S/C13H14OS/c1-10-5-6-13(15-10)8-11-3-2-4-12(7-11)9-14/h2-7,14H,8-9H2,1H3. The topological polar surface area (TPSA) is 20.2 Å². The van der Waals surface area contributed by atoms with Crippen LogP contribution in [0.1, 0.15) is 20.9 Å². The Balaban J connectivity index is 2.16. The van der Waals surface area contributed by atoms with Gasteiger partial charge in [0.1, 0.15) is 0 Å². The third kappa shape index (κ3) is 2.67. The molecule has 0 unspecified atom stereocenters. The molecule has 1 nitrogen and oxygen atoms in total. The number of aliphatic hydroxyl groups excluding tert-OH is 1. The van der Waals surface area contributed by atoms with E-state index in [2.05, 4.69) is 31.2 Å². The number of benzene rings is 1. The smallest absolute Gasteiger partial charge is 0.0681 e. The third-order valence-corrected chi connectivity index (χ3v) is 3.35. The van der Waals surface area contributed by atoms with Crippen LogP contribution in [0, 0.1) is 6.92 Å². The molecule has 15 heavy (non-hydrogen) atoms. The number of aryl methyl sites for hydroxylation is 1. The Labute approximate surface area is 94.0 Å². The highest BCUT2D eigenvalue weighted by Gasteiger charge is 2.00. The second kappa shape index (κ2) is 4.60. The van der Waals surface area contributed by atoms with Gasteiger partial charge >= 0.3 is 0 Å². The number of hydrogen-bond acceptors (Lipinski definition) is 2. The van der Waals surface area contributed by atoms with Crippen molar-refractivity contribution >= 4 is 11.3 Å². The van der Waals surface area contributed by atoms with Crippen molar-refractivity contribution in [2.24, 2.45) is 0 Å². The second-order valence-electron chi connectivity index (χ2n) is 3.67. The number of aliphatic hydroxyl groups is 1. The minimum absolute atomic E-state index is 0.122. The maximum atomic E-state index is 9.03. The molecule has 1 aromatic carbocycles. The van der Waals surface area contributed by atoms with Crippen molar-refractivity contribution in [2.45, 2.75) is 20.0 Å². The van der Waals surface area contributed by atoms with E-state index in [-0.39, 0.29) is 6.61 Å². The van der Waals surface area contributed by atoms with Gasteiger partial charge in [-0.3, -0.25) is 0 Å². The van der Waals surface area contributed by atoms with Crippen molar-refractivity contribution in [1.82, 2.24) is 0 Å². The van der Waals surface area contributed by atoms with E-state index in [1.807, 2.05) is 23.5 Å². The van der Waals surface area contributed by atoms with E-state index < -0.39 is 0 Å². The average Bonchev–Trinajstić information content (AvgIpc) is 2.64. The molecule has 78 valence electrons. The molecular formula is C13H14OS. The van der Waals surface area contributed by atoms with E-state index in [1.165, 1.54) is 15.3 Å². The monoisotopic (exact) mass is 218 g/mol. The minimum atomic E-state index is 0.122. The lowest BCUT2D eigenvalue weighted by Gasteiger charge is -2.01. The minimum Gasteiger partial charge on any atom is -0.392 e.